The zero-order valence-electron chi connectivity index (χ0n) is 8.77. The van der Waals surface area contributed by atoms with Crippen molar-refractivity contribution in [2.75, 3.05) is 6.61 Å². The minimum atomic E-state index is -1.01. The van der Waals surface area contributed by atoms with Gasteiger partial charge in [-0.15, -0.1) is 0 Å². The van der Waals surface area contributed by atoms with Crippen molar-refractivity contribution < 1.29 is 14.6 Å². The van der Waals surface area contributed by atoms with Crippen molar-refractivity contribution in [1.29, 1.82) is 0 Å². The summed E-state index contributed by atoms with van der Waals surface area (Å²) in [7, 11) is 0. The molecule has 0 bridgehead atoms. The van der Waals surface area contributed by atoms with Crippen LogP contribution in [0.3, 0.4) is 0 Å². The van der Waals surface area contributed by atoms with Crippen LogP contribution in [0.15, 0.2) is 35.9 Å². The zero-order valence-corrected chi connectivity index (χ0v) is 10.3. The molecule has 0 spiro atoms. The van der Waals surface area contributed by atoms with Crippen LogP contribution in [0.25, 0.3) is 6.08 Å². The minimum absolute atomic E-state index is 0.327. The lowest BCUT2D eigenvalue weighted by Gasteiger charge is -2.05. The first-order chi connectivity index (χ1) is 8.13. The highest BCUT2D eigenvalue weighted by molar-refractivity contribution is 6.32. The fourth-order valence-corrected chi connectivity index (χ4v) is 1.40. The molecule has 1 rings (SSSR count). The summed E-state index contributed by atoms with van der Waals surface area (Å²) in [6.07, 6.45) is 4.13. The highest BCUT2D eigenvalue weighted by Gasteiger charge is 2.01. The Kier molecular flexibility index (Phi) is 5.60. The monoisotopic (exact) mass is 272 g/mol. The topological polar surface area (TPSA) is 46.5 Å². The first kappa shape index (κ1) is 13.6. The van der Waals surface area contributed by atoms with Crippen molar-refractivity contribution in [3.8, 4) is 5.75 Å². The molecule has 0 unspecified atom stereocenters. The smallest absolute Gasteiger partial charge is 0.328 e. The lowest BCUT2D eigenvalue weighted by molar-refractivity contribution is -0.131. The first-order valence-corrected chi connectivity index (χ1v) is 5.53. The standard InChI is InChI=1S/C12H10Cl2O3/c13-6-1-7-17-11-4-2-9(8-10(11)14)3-5-12(15)16/h1-6,8H,7H2,(H,15,16). The van der Waals surface area contributed by atoms with Crippen LogP contribution in [-0.2, 0) is 4.79 Å². The van der Waals surface area contributed by atoms with E-state index in [1.807, 2.05) is 0 Å². The molecule has 1 aromatic carbocycles. The van der Waals surface area contributed by atoms with Crippen molar-refractivity contribution in [1.82, 2.24) is 0 Å². The predicted molar refractivity (Wildman–Crippen MR) is 68.6 cm³/mol. The van der Waals surface area contributed by atoms with E-state index in [0.717, 1.165) is 6.08 Å². The van der Waals surface area contributed by atoms with Gasteiger partial charge < -0.3 is 9.84 Å². The predicted octanol–water partition coefficient (Wildman–Crippen LogP) is 3.57. The van der Waals surface area contributed by atoms with Gasteiger partial charge in [-0.2, -0.15) is 0 Å². The molecule has 0 fully saturated rings. The van der Waals surface area contributed by atoms with Crippen molar-refractivity contribution in [3.63, 3.8) is 0 Å². The van der Waals surface area contributed by atoms with E-state index in [1.165, 1.54) is 11.6 Å². The van der Waals surface area contributed by atoms with E-state index in [2.05, 4.69) is 0 Å². The number of hydrogen-bond donors (Lipinski definition) is 1. The molecule has 3 nitrogen and oxygen atoms in total. The molecule has 0 aliphatic heterocycles. The first-order valence-electron chi connectivity index (χ1n) is 4.72. The van der Waals surface area contributed by atoms with Gasteiger partial charge >= 0.3 is 5.97 Å². The van der Waals surface area contributed by atoms with Gasteiger partial charge in [0.1, 0.15) is 12.4 Å². The zero-order chi connectivity index (χ0) is 12.7. The largest absolute Gasteiger partial charge is 0.488 e. The summed E-state index contributed by atoms with van der Waals surface area (Å²) >= 11 is 11.3. The Morgan fingerprint density at radius 3 is 2.82 bits per heavy atom. The summed E-state index contributed by atoms with van der Waals surface area (Å²) in [4.78, 5) is 10.3. The molecule has 0 radical (unpaired) electrons. The van der Waals surface area contributed by atoms with Crippen LogP contribution < -0.4 is 4.74 Å². The van der Waals surface area contributed by atoms with Crippen LogP contribution in [0.1, 0.15) is 5.56 Å². The van der Waals surface area contributed by atoms with Gasteiger partial charge in [-0.05, 0) is 29.8 Å². The summed E-state index contributed by atoms with van der Waals surface area (Å²) in [5.74, 6) is -0.484. The number of benzene rings is 1. The van der Waals surface area contributed by atoms with Crippen LogP contribution in [-0.4, -0.2) is 17.7 Å². The van der Waals surface area contributed by atoms with Gasteiger partial charge in [0.15, 0.2) is 0 Å². The SMILES string of the molecule is O=C(O)C=Cc1ccc(OCC=CCl)c(Cl)c1. The summed E-state index contributed by atoms with van der Waals surface area (Å²) in [6, 6.07) is 5.01. The minimum Gasteiger partial charge on any atom is -0.488 e. The van der Waals surface area contributed by atoms with Gasteiger partial charge in [0, 0.05) is 11.6 Å². The van der Waals surface area contributed by atoms with E-state index in [4.69, 9.17) is 33.0 Å². The van der Waals surface area contributed by atoms with Gasteiger partial charge in [0.05, 0.1) is 5.02 Å². The van der Waals surface area contributed by atoms with E-state index in [1.54, 1.807) is 24.3 Å². The number of hydrogen-bond acceptors (Lipinski definition) is 2. The maximum Gasteiger partial charge on any atom is 0.328 e. The number of ether oxygens (including phenoxy) is 1. The van der Waals surface area contributed by atoms with E-state index in [9.17, 15) is 4.79 Å². The number of carboxylic acids is 1. The second-order valence-electron chi connectivity index (χ2n) is 3.03. The second-order valence-corrected chi connectivity index (χ2v) is 3.69. The van der Waals surface area contributed by atoms with Crippen molar-refractivity contribution in [2.45, 2.75) is 0 Å². The number of carboxylic acid groups (broad SMARTS) is 1. The highest BCUT2D eigenvalue weighted by Crippen LogP contribution is 2.25. The molecule has 0 saturated carbocycles. The van der Waals surface area contributed by atoms with Crippen molar-refractivity contribution in [3.05, 3.63) is 46.5 Å². The number of carbonyl (C=O) groups is 1. The van der Waals surface area contributed by atoms with Crippen LogP contribution in [0.2, 0.25) is 5.02 Å². The van der Waals surface area contributed by atoms with Gasteiger partial charge in [0.25, 0.3) is 0 Å². The molecule has 5 heteroatoms. The van der Waals surface area contributed by atoms with Crippen LogP contribution in [0, 0.1) is 0 Å². The quantitative estimate of drug-likeness (QED) is 0.834. The van der Waals surface area contributed by atoms with Gasteiger partial charge in [0.2, 0.25) is 0 Å². The molecule has 0 aliphatic rings. The van der Waals surface area contributed by atoms with E-state index in [-0.39, 0.29) is 0 Å². The Hall–Kier alpha value is -1.45. The Bertz CT molecular complexity index is 453. The third-order valence-electron chi connectivity index (χ3n) is 1.80. The summed E-state index contributed by atoms with van der Waals surface area (Å²) in [5.41, 5.74) is 2.05. The van der Waals surface area contributed by atoms with Crippen molar-refractivity contribution in [2.24, 2.45) is 0 Å². The summed E-state index contributed by atoms with van der Waals surface area (Å²) in [5, 5.41) is 8.89. The van der Waals surface area contributed by atoms with Gasteiger partial charge in [-0.25, -0.2) is 4.79 Å². The molecule has 1 N–H and O–H groups in total. The Morgan fingerprint density at radius 2 is 2.24 bits per heavy atom. The maximum absolute atomic E-state index is 10.3. The Balaban J connectivity index is 2.75. The molecule has 0 atom stereocenters. The van der Waals surface area contributed by atoms with Crippen LogP contribution in [0.5, 0.6) is 5.75 Å². The average Bonchev–Trinajstić information content (AvgIpc) is 2.29. The third kappa shape index (κ3) is 4.93. The van der Waals surface area contributed by atoms with Gasteiger partial charge in [-0.3, -0.25) is 0 Å². The lowest BCUT2D eigenvalue weighted by Crippen LogP contribution is -1.93. The second kappa shape index (κ2) is 6.99. The fraction of sp³-hybridized carbons (Fsp3) is 0.0833. The molecule has 0 aliphatic carbocycles. The van der Waals surface area contributed by atoms with E-state index >= 15 is 0 Å². The third-order valence-corrected chi connectivity index (χ3v) is 2.27. The molecule has 17 heavy (non-hydrogen) atoms. The average molecular weight is 273 g/mol. The maximum atomic E-state index is 10.3. The molecular formula is C12H10Cl2O3. The molecule has 0 saturated heterocycles. The number of halogens is 2. The molecule has 0 heterocycles. The Morgan fingerprint density at radius 1 is 1.47 bits per heavy atom. The van der Waals surface area contributed by atoms with Gasteiger partial charge in [-0.1, -0.05) is 29.3 Å². The molecule has 0 aromatic heterocycles. The van der Waals surface area contributed by atoms with Crippen LogP contribution in [0.4, 0.5) is 0 Å². The molecular weight excluding hydrogens is 263 g/mol. The number of aliphatic carboxylic acids is 1. The Labute approximate surface area is 109 Å². The molecule has 90 valence electrons. The van der Waals surface area contributed by atoms with Crippen molar-refractivity contribution >= 4 is 35.2 Å². The fourth-order valence-electron chi connectivity index (χ4n) is 1.08. The highest BCUT2D eigenvalue weighted by atomic mass is 35.5. The van der Waals surface area contributed by atoms with Crippen LogP contribution >= 0.6 is 23.2 Å². The number of rotatable bonds is 5. The van der Waals surface area contributed by atoms with E-state index < -0.39 is 5.97 Å². The molecule has 0 amide bonds. The summed E-state index contributed by atoms with van der Waals surface area (Å²) < 4.78 is 5.31. The normalized spacial score (nSPS) is 11.2. The van der Waals surface area contributed by atoms with E-state index in [0.29, 0.717) is 22.9 Å². The lowest BCUT2D eigenvalue weighted by atomic mass is 10.2. The molecule has 1 aromatic rings. The summed E-state index contributed by atoms with van der Waals surface area (Å²) in [6.45, 7) is 0.327.